The third-order valence-electron chi connectivity index (χ3n) is 7.43. The van der Waals surface area contributed by atoms with E-state index < -0.39 is 0 Å². The second-order valence-corrected chi connectivity index (χ2v) is 11.6. The number of benzene rings is 3. The smallest absolute Gasteiger partial charge is 0.217 e. The molecule has 0 aliphatic carbocycles. The summed E-state index contributed by atoms with van der Waals surface area (Å²) in [6.45, 7) is 13.0. The fourth-order valence-electron chi connectivity index (χ4n) is 5.06. The molecule has 5 nitrogen and oxygen atoms in total. The zero-order chi connectivity index (χ0) is 27.5. The Kier molecular flexibility index (Phi) is 7.22. The average molecular weight is 710 g/mol. The summed E-state index contributed by atoms with van der Waals surface area (Å²) >= 11 is 0. The van der Waals surface area contributed by atoms with E-state index in [1.54, 1.807) is 6.07 Å². The molecule has 0 aliphatic rings. The van der Waals surface area contributed by atoms with Gasteiger partial charge in [0, 0.05) is 50.0 Å². The Labute approximate surface area is 249 Å². The van der Waals surface area contributed by atoms with Crippen molar-refractivity contribution < 1.29 is 30.9 Å². The summed E-state index contributed by atoms with van der Waals surface area (Å²) in [5, 5.41) is 13.5. The number of phenols is 1. The minimum atomic E-state index is 0. The molecule has 0 saturated carbocycles. The van der Waals surface area contributed by atoms with E-state index in [0.717, 1.165) is 38.6 Å². The van der Waals surface area contributed by atoms with Crippen LogP contribution in [0.3, 0.4) is 0 Å². The van der Waals surface area contributed by atoms with Crippen LogP contribution < -0.4 is 4.74 Å². The number of phenolic OH excluding ortho intramolecular Hbond substituents is 1. The topological polar surface area (TPSA) is 60.2 Å². The number of pyridine rings is 2. The quantitative estimate of drug-likeness (QED) is 0.186. The van der Waals surface area contributed by atoms with E-state index in [1.807, 2.05) is 37.4 Å². The minimum absolute atomic E-state index is 0. The largest absolute Gasteiger partial charge is 0.506 e. The first-order chi connectivity index (χ1) is 18.6. The van der Waals surface area contributed by atoms with Crippen molar-refractivity contribution in [3.63, 3.8) is 0 Å². The normalized spacial score (nSPS) is 11.9. The van der Waals surface area contributed by atoms with Gasteiger partial charge in [0.05, 0.1) is 0 Å². The third kappa shape index (κ3) is 4.88. The number of hydrogen-bond acceptors (Lipinski definition) is 4. The minimum Gasteiger partial charge on any atom is -0.506 e. The van der Waals surface area contributed by atoms with E-state index in [0.29, 0.717) is 23.1 Å². The van der Waals surface area contributed by atoms with Crippen molar-refractivity contribution in [2.24, 2.45) is 0 Å². The predicted molar refractivity (Wildman–Crippen MR) is 158 cm³/mol. The number of hydrogen-bond donors (Lipinski definition) is 1. The molecule has 0 unspecified atom stereocenters. The molecule has 0 saturated heterocycles. The molecule has 3 heterocycles. The van der Waals surface area contributed by atoms with Crippen LogP contribution in [0.1, 0.15) is 57.2 Å². The summed E-state index contributed by atoms with van der Waals surface area (Å²) in [5.41, 5.74) is 6.02. The Balaban J connectivity index is 0.00000323. The molecule has 1 N–H and O–H groups in total. The van der Waals surface area contributed by atoms with Crippen molar-refractivity contribution in [3.05, 3.63) is 95.7 Å². The van der Waals surface area contributed by atoms with Gasteiger partial charge in [0.1, 0.15) is 17.1 Å². The summed E-state index contributed by atoms with van der Waals surface area (Å²) in [7, 11) is 0. The Morgan fingerprint density at radius 3 is 2.38 bits per heavy atom. The maximum absolute atomic E-state index is 10.4. The first kappa shape index (κ1) is 27.9. The molecule has 206 valence electrons. The third-order valence-corrected chi connectivity index (χ3v) is 7.43. The number of ether oxygens (including phenoxy) is 1. The van der Waals surface area contributed by atoms with Crippen LogP contribution in [0.2, 0.25) is 0 Å². The van der Waals surface area contributed by atoms with Gasteiger partial charge in [-0.3, -0.25) is 0 Å². The van der Waals surface area contributed by atoms with Crippen LogP contribution in [0.5, 0.6) is 17.4 Å². The second kappa shape index (κ2) is 10.4. The van der Waals surface area contributed by atoms with E-state index in [4.69, 9.17) is 9.72 Å². The van der Waals surface area contributed by atoms with Gasteiger partial charge in [-0.15, -0.1) is 17.5 Å². The van der Waals surface area contributed by atoms with Crippen molar-refractivity contribution in [2.45, 2.75) is 52.9 Å². The molecule has 0 bridgehead atoms. The number of aromatic hydroxyl groups is 1. The van der Waals surface area contributed by atoms with Gasteiger partial charge in [0.15, 0.2) is 0 Å². The fraction of sp³-hybridized carbons (Fsp3) is 0.235. The Bertz CT molecular complexity index is 1870. The Morgan fingerprint density at radius 1 is 0.900 bits per heavy atom. The van der Waals surface area contributed by atoms with E-state index in [1.165, 1.54) is 11.1 Å². The monoisotopic (exact) mass is 709 g/mol. The summed E-state index contributed by atoms with van der Waals surface area (Å²) in [6, 6.07) is 25.7. The van der Waals surface area contributed by atoms with Gasteiger partial charge in [-0.05, 0) is 64.6 Å². The maximum atomic E-state index is 10.4. The van der Waals surface area contributed by atoms with Gasteiger partial charge >= 0.3 is 0 Å². The molecule has 6 heteroatoms. The molecular formula is C34H32N3O2Pt-. The number of aryl methyl sites for hydroxylation is 1. The van der Waals surface area contributed by atoms with E-state index in [-0.39, 0.29) is 32.2 Å². The summed E-state index contributed by atoms with van der Waals surface area (Å²) in [4.78, 5) is 9.46. The molecule has 0 amide bonds. The van der Waals surface area contributed by atoms with Crippen LogP contribution >= 0.6 is 0 Å². The summed E-state index contributed by atoms with van der Waals surface area (Å²) in [5.74, 6) is 2.32. The van der Waals surface area contributed by atoms with Crippen LogP contribution in [-0.2, 0) is 26.5 Å². The number of nitrogens with zero attached hydrogens (tertiary/aromatic N) is 3. The summed E-state index contributed by atoms with van der Waals surface area (Å²) in [6.07, 6.45) is 1.96. The van der Waals surface area contributed by atoms with Crippen LogP contribution in [0.4, 0.5) is 0 Å². The molecule has 0 fully saturated rings. The Hall–Kier alpha value is -3.69. The van der Waals surface area contributed by atoms with Crippen LogP contribution in [0.25, 0.3) is 38.5 Å². The van der Waals surface area contributed by atoms with Gasteiger partial charge in [-0.1, -0.05) is 64.4 Å². The fourth-order valence-corrected chi connectivity index (χ4v) is 5.06. The number of fused-ring (bicyclic) bond motifs is 4. The molecule has 0 radical (unpaired) electrons. The molecule has 40 heavy (non-hydrogen) atoms. The van der Waals surface area contributed by atoms with Crippen LogP contribution in [0.15, 0.2) is 72.9 Å². The standard InChI is InChI=1S/C34H32N3O2.Pt/c1-20(2)22-8-13-28-27(17-22)26-11-10-24(39-32-16-12-25-21(3)7-14-30(38)33(25)36-32)18-29(26)37(28)31-15-9-23(19-35-31)34(4,5)6;/h7-17,19-20,38H,1-6H3;/q-1;. The Morgan fingerprint density at radius 2 is 1.68 bits per heavy atom. The van der Waals surface area contributed by atoms with E-state index in [2.05, 4.69) is 86.6 Å². The first-order valence-electron chi connectivity index (χ1n) is 13.3. The van der Waals surface area contributed by atoms with Crippen molar-refractivity contribution >= 4 is 32.7 Å². The van der Waals surface area contributed by atoms with Gasteiger partial charge < -0.3 is 14.4 Å². The maximum Gasteiger partial charge on any atom is 0.217 e. The van der Waals surface area contributed by atoms with Gasteiger partial charge in [-0.2, -0.15) is 6.07 Å². The van der Waals surface area contributed by atoms with Crippen LogP contribution in [0, 0.1) is 13.0 Å². The first-order valence-corrected chi connectivity index (χ1v) is 13.3. The van der Waals surface area contributed by atoms with Gasteiger partial charge in [0.2, 0.25) is 5.88 Å². The van der Waals surface area contributed by atoms with E-state index in [9.17, 15) is 5.11 Å². The van der Waals surface area contributed by atoms with Crippen molar-refractivity contribution in [3.8, 4) is 23.2 Å². The van der Waals surface area contributed by atoms with Crippen molar-refractivity contribution in [1.29, 1.82) is 0 Å². The average Bonchev–Trinajstić information content (AvgIpc) is 3.23. The SMILES string of the molecule is Cc1ccc(O)c2nc(Oc3[c-]c4c(cc3)c3cc(C(C)C)ccc3n4-c3ccc(C(C)(C)C)cn3)ccc12.[Pt]. The molecular weight excluding hydrogens is 677 g/mol. The van der Waals surface area contributed by atoms with Gasteiger partial charge in [-0.25, -0.2) is 9.97 Å². The predicted octanol–water partition coefficient (Wildman–Crippen LogP) is 8.75. The molecule has 0 aliphatic heterocycles. The van der Waals surface area contributed by atoms with E-state index >= 15 is 0 Å². The molecule has 0 atom stereocenters. The summed E-state index contributed by atoms with van der Waals surface area (Å²) < 4.78 is 8.34. The molecule has 6 rings (SSSR count). The second-order valence-electron chi connectivity index (χ2n) is 11.6. The zero-order valence-electron chi connectivity index (χ0n) is 23.5. The van der Waals surface area contributed by atoms with Crippen molar-refractivity contribution in [1.82, 2.24) is 14.5 Å². The number of aromatic nitrogens is 3. The van der Waals surface area contributed by atoms with Gasteiger partial charge in [0.25, 0.3) is 0 Å². The van der Waals surface area contributed by atoms with Crippen molar-refractivity contribution in [2.75, 3.05) is 0 Å². The molecule has 6 aromatic rings. The molecule has 3 aromatic heterocycles. The number of rotatable bonds is 4. The zero-order valence-corrected chi connectivity index (χ0v) is 25.8. The molecule has 3 aromatic carbocycles. The molecule has 0 spiro atoms. The van der Waals surface area contributed by atoms with Crippen LogP contribution in [-0.4, -0.2) is 19.6 Å².